The Morgan fingerprint density at radius 1 is 1.22 bits per heavy atom. The zero-order chi connectivity index (χ0) is 18.7. The molecule has 6 nitrogen and oxygen atoms in total. The van der Waals surface area contributed by atoms with Crippen LogP contribution < -0.4 is 21.7 Å². The Kier molecular flexibility index (Phi) is 7.76. The van der Waals surface area contributed by atoms with Gasteiger partial charge in [-0.15, -0.1) is 23.7 Å². The fourth-order valence-corrected chi connectivity index (χ4v) is 4.15. The number of halogens is 3. The number of anilines is 1. The van der Waals surface area contributed by atoms with Crippen LogP contribution in [0.1, 0.15) is 23.2 Å². The van der Waals surface area contributed by atoms with Gasteiger partial charge < -0.3 is 16.4 Å². The van der Waals surface area contributed by atoms with Crippen LogP contribution in [0.5, 0.6) is 0 Å². The Morgan fingerprint density at radius 3 is 2.63 bits per heavy atom. The third-order valence-corrected chi connectivity index (χ3v) is 5.89. The lowest BCUT2D eigenvalue weighted by atomic mass is 10.1. The van der Waals surface area contributed by atoms with Gasteiger partial charge in [-0.3, -0.25) is 10.1 Å². The van der Waals surface area contributed by atoms with E-state index >= 15 is 0 Å². The van der Waals surface area contributed by atoms with Gasteiger partial charge in [-0.1, -0.05) is 29.3 Å². The molecule has 2 heterocycles. The second-order valence-electron chi connectivity index (χ2n) is 5.99. The molecule has 1 aromatic heterocycles. The number of amides is 3. The summed E-state index contributed by atoms with van der Waals surface area (Å²) in [5.41, 5.74) is 6.42. The highest BCUT2D eigenvalue weighted by molar-refractivity contribution is 7.20. The topological polar surface area (TPSA) is 96.2 Å². The molecule has 0 bridgehead atoms. The molecule has 1 fully saturated rings. The lowest BCUT2D eigenvalue weighted by Gasteiger charge is -2.23. The molecule has 0 aliphatic carbocycles. The minimum absolute atomic E-state index is 0. The van der Waals surface area contributed by atoms with Gasteiger partial charge in [0.05, 0.1) is 15.6 Å². The summed E-state index contributed by atoms with van der Waals surface area (Å²) in [6.07, 6.45) is 1.93. The Bertz CT molecular complexity index is 838. The fraction of sp³-hybridized carbons (Fsp3) is 0.294. The average Bonchev–Trinajstić information content (AvgIpc) is 3.01. The van der Waals surface area contributed by atoms with Crippen molar-refractivity contribution < 1.29 is 9.59 Å². The predicted octanol–water partition coefficient (Wildman–Crippen LogP) is 4.12. The van der Waals surface area contributed by atoms with Crippen LogP contribution in [-0.4, -0.2) is 31.1 Å². The molecule has 5 N–H and O–H groups in total. The predicted molar refractivity (Wildman–Crippen MR) is 114 cm³/mol. The fourth-order valence-electron chi connectivity index (χ4n) is 2.79. The molecule has 146 valence electrons. The molecule has 0 radical (unpaired) electrons. The maximum Gasteiger partial charge on any atom is 0.317 e. The Morgan fingerprint density at radius 2 is 2.00 bits per heavy atom. The van der Waals surface area contributed by atoms with Crippen LogP contribution in [0.25, 0.3) is 10.4 Å². The summed E-state index contributed by atoms with van der Waals surface area (Å²) in [5.74, 6) is -0.245. The van der Waals surface area contributed by atoms with Gasteiger partial charge in [-0.2, -0.15) is 0 Å². The largest absolute Gasteiger partial charge is 0.351 e. The molecule has 10 heteroatoms. The minimum atomic E-state index is -0.721. The Balaban J connectivity index is 0.00000261. The molecule has 3 rings (SSSR count). The van der Waals surface area contributed by atoms with Crippen molar-refractivity contribution in [1.82, 2.24) is 10.6 Å². The number of benzene rings is 1. The molecule has 1 aliphatic rings. The third-order valence-electron chi connectivity index (χ3n) is 4.05. The first kappa shape index (κ1) is 21.8. The van der Waals surface area contributed by atoms with Crippen molar-refractivity contribution in [3.8, 4) is 10.4 Å². The summed E-state index contributed by atoms with van der Waals surface area (Å²) in [5, 5.41) is 10.1. The summed E-state index contributed by atoms with van der Waals surface area (Å²) in [6, 6.07) is 6.28. The van der Waals surface area contributed by atoms with Crippen molar-refractivity contribution in [3.63, 3.8) is 0 Å². The van der Waals surface area contributed by atoms with Crippen molar-refractivity contribution in [3.05, 3.63) is 39.9 Å². The number of nitrogens with two attached hydrogens (primary N) is 1. The van der Waals surface area contributed by atoms with E-state index in [1.807, 2.05) is 0 Å². The van der Waals surface area contributed by atoms with Crippen LogP contribution in [0.3, 0.4) is 0 Å². The van der Waals surface area contributed by atoms with Gasteiger partial charge >= 0.3 is 6.03 Å². The first-order chi connectivity index (χ1) is 12.4. The third kappa shape index (κ3) is 5.49. The first-order valence-electron chi connectivity index (χ1n) is 8.11. The standard InChI is InChI=1S/C17H18Cl2N4O2S.ClH/c18-12-4-3-9(6-13(12)19)14-7-11(16(26-14)23-17(20)25)15(24)22-10-2-1-5-21-8-10;/h3-4,6-7,10,21H,1-2,5,8H2,(H,22,24)(H3,20,23,25);1H/t10-;/m0./s1. The van der Waals surface area contributed by atoms with Crippen LogP contribution >= 0.6 is 46.9 Å². The summed E-state index contributed by atoms with van der Waals surface area (Å²) in [6.45, 7) is 1.69. The number of thiophene rings is 1. The maximum absolute atomic E-state index is 12.7. The summed E-state index contributed by atoms with van der Waals surface area (Å²) in [4.78, 5) is 24.8. The van der Waals surface area contributed by atoms with Crippen molar-refractivity contribution in [2.45, 2.75) is 18.9 Å². The number of primary amides is 1. The second-order valence-corrected chi connectivity index (χ2v) is 7.85. The average molecular weight is 450 g/mol. The van der Waals surface area contributed by atoms with Gasteiger partial charge in [0.2, 0.25) is 0 Å². The van der Waals surface area contributed by atoms with Gasteiger partial charge in [0.25, 0.3) is 5.91 Å². The van der Waals surface area contributed by atoms with Gasteiger partial charge in [0.1, 0.15) is 5.00 Å². The van der Waals surface area contributed by atoms with E-state index in [-0.39, 0.29) is 24.4 Å². The lowest BCUT2D eigenvalue weighted by molar-refractivity contribution is 0.0932. The van der Waals surface area contributed by atoms with Gasteiger partial charge in [-0.25, -0.2) is 4.79 Å². The molecular weight excluding hydrogens is 431 g/mol. The molecule has 1 aliphatic heterocycles. The van der Waals surface area contributed by atoms with Crippen molar-refractivity contribution in [2.75, 3.05) is 18.4 Å². The van der Waals surface area contributed by atoms with E-state index in [1.165, 1.54) is 11.3 Å². The van der Waals surface area contributed by atoms with Crippen LogP contribution in [0.2, 0.25) is 10.0 Å². The number of piperidine rings is 1. The van der Waals surface area contributed by atoms with Crippen LogP contribution in [0.15, 0.2) is 24.3 Å². The molecule has 1 saturated heterocycles. The molecule has 2 aromatic rings. The Hall–Kier alpha value is -1.51. The highest BCUT2D eigenvalue weighted by atomic mass is 35.5. The van der Waals surface area contributed by atoms with Crippen molar-refractivity contribution in [2.24, 2.45) is 5.73 Å². The molecule has 27 heavy (non-hydrogen) atoms. The van der Waals surface area contributed by atoms with E-state index in [0.717, 1.165) is 36.4 Å². The maximum atomic E-state index is 12.7. The number of carbonyl (C=O) groups excluding carboxylic acids is 2. The smallest absolute Gasteiger partial charge is 0.317 e. The number of urea groups is 1. The van der Waals surface area contributed by atoms with Gasteiger partial charge in [0.15, 0.2) is 0 Å². The van der Waals surface area contributed by atoms with E-state index in [9.17, 15) is 9.59 Å². The number of carbonyl (C=O) groups is 2. The van der Waals surface area contributed by atoms with Crippen molar-refractivity contribution in [1.29, 1.82) is 0 Å². The zero-order valence-corrected chi connectivity index (χ0v) is 17.3. The molecule has 3 amide bonds. The SMILES string of the molecule is Cl.NC(=O)Nc1sc(-c2ccc(Cl)c(Cl)c2)cc1C(=O)N[C@H]1CCCNC1. The zero-order valence-electron chi connectivity index (χ0n) is 14.2. The van der Waals surface area contributed by atoms with E-state index in [0.29, 0.717) is 20.6 Å². The summed E-state index contributed by atoms with van der Waals surface area (Å²) in [7, 11) is 0. The van der Waals surface area contributed by atoms with E-state index < -0.39 is 6.03 Å². The van der Waals surface area contributed by atoms with Gasteiger partial charge in [-0.05, 0) is 43.1 Å². The molecular formula is C17H19Cl3N4O2S. The minimum Gasteiger partial charge on any atom is -0.351 e. The number of nitrogens with one attached hydrogen (secondary N) is 3. The highest BCUT2D eigenvalue weighted by Gasteiger charge is 2.22. The van der Waals surface area contributed by atoms with E-state index in [2.05, 4.69) is 16.0 Å². The normalized spacial score (nSPS) is 16.3. The quantitative estimate of drug-likeness (QED) is 0.565. The van der Waals surface area contributed by atoms with Crippen LogP contribution in [0, 0.1) is 0 Å². The van der Waals surface area contributed by atoms with Gasteiger partial charge in [0, 0.05) is 17.5 Å². The number of hydrogen-bond donors (Lipinski definition) is 4. The highest BCUT2D eigenvalue weighted by Crippen LogP contribution is 2.37. The molecule has 1 atom stereocenters. The van der Waals surface area contributed by atoms with Crippen LogP contribution in [0.4, 0.5) is 9.80 Å². The van der Waals surface area contributed by atoms with E-state index in [1.54, 1.807) is 24.3 Å². The monoisotopic (exact) mass is 448 g/mol. The molecule has 0 saturated carbocycles. The molecule has 0 spiro atoms. The molecule has 1 aromatic carbocycles. The van der Waals surface area contributed by atoms with Crippen molar-refractivity contribution >= 4 is 63.9 Å². The summed E-state index contributed by atoms with van der Waals surface area (Å²) >= 11 is 13.3. The second kappa shape index (κ2) is 9.61. The Labute approximate surface area is 177 Å². The first-order valence-corrected chi connectivity index (χ1v) is 9.68. The number of hydrogen-bond acceptors (Lipinski definition) is 4. The lowest BCUT2D eigenvalue weighted by Crippen LogP contribution is -2.45. The summed E-state index contributed by atoms with van der Waals surface area (Å²) < 4.78 is 0. The number of rotatable bonds is 4. The molecule has 0 unspecified atom stereocenters. The van der Waals surface area contributed by atoms with E-state index in [4.69, 9.17) is 28.9 Å². The van der Waals surface area contributed by atoms with Crippen LogP contribution in [-0.2, 0) is 0 Å².